The van der Waals surface area contributed by atoms with Crippen LogP contribution in [0, 0.1) is 0 Å². The molecule has 3 aromatic rings. The molecular weight excluding hydrogens is 355 g/mol. The number of nitrogens with two attached hydrogens (primary N) is 1. The van der Waals surface area contributed by atoms with Crippen LogP contribution >= 0.6 is 23.2 Å². The molecule has 4 rings (SSSR count). The lowest BCUT2D eigenvalue weighted by molar-refractivity contribution is 0.430. The lowest BCUT2D eigenvalue weighted by atomic mass is 9.70. The highest BCUT2D eigenvalue weighted by Crippen LogP contribution is 2.49. The Morgan fingerprint density at radius 2 is 1.84 bits per heavy atom. The molecule has 6 heteroatoms. The molecular formula is C19H18Cl2N4. The van der Waals surface area contributed by atoms with Crippen LogP contribution < -0.4 is 5.73 Å². The number of hydrogen-bond acceptors (Lipinski definition) is 3. The van der Waals surface area contributed by atoms with Gasteiger partial charge in [-0.25, -0.2) is 4.98 Å². The summed E-state index contributed by atoms with van der Waals surface area (Å²) >= 11 is 12.4. The lowest BCUT2D eigenvalue weighted by Crippen LogP contribution is -2.29. The van der Waals surface area contributed by atoms with Crippen molar-refractivity contribution in [2.75, 3.05) is 0 Å². The largest absolute Gasteiger partial charge is 0.324 e. The Balaban J connectivity index is 1.92. The monoisotopic (exact) mass is 372 g/mol. The van der Waals surface area contributed by atoms with E-state index in [9.17, 15) is 0 Å². The minimum atomic E-state index is -0.0306. The number of benzene rings is 2. The van der Waals surface area contributed by atoms with E-state index < -0.39 is 0 Å². The second kappa shape index (κ2) is 6.45. The van der Waals surface area contributed by atoms with Crippen LogP contribution in [0.3, 0.4) is 0 Å². The molecule has 0 bridgehead atoms. The minimum Gasteiger partial charge on any atom is -0.324 e. The summed E-state index contributed by atoms with van der Waals surface area (Å²) in [6.45, 7) is 0. The van der Waals surface area contributed by atoms with Crippen LogP contribution in [0.2, 0.25) is 10.0 Å². The number of aromatic nitrogens is 3. The van der Waals surface area contributed by atoms with Crippen LogP contribution in [0.5, 0.6) is 0 Å². The zero-order valence-corrected chi connectivity index (χ0v) is 15.2. The van der Waals surface area contributed by atoms with Gasteiger partial charge < -0.3 is 5.73 Å². The predicted octanol–water partition coefficient (Wildman–Crippen LogP) is 4.44. The summed E-state index contributed by atoms with van der Waals surface area (Å²) in [5, 5.41) is 5.37. The van der Waals surface area contributed by atoms with Gasteiger partial charge in [0.15, 0.2) is 0 Å². The zero-order valence-electron chi connectivity index (χ0n) is 13.7. The topological polar surface area (TPSA) is 56.7 Å². The summed E-state index contributed by atoms with van der Waals surface area (Å²) in [6.07, 6.45) is 2.39. The molecule has 1 heterocycles. The highest BCUT2D eigenvalue weighted by Gasteiger charge is 2.37. The fourth-order valence-corrected chi connectivity index (χ4v) is 4.20. The summed E-state index contributed by atoms with van der Waals surface area (Å²) in [5.74, 6) is 1.16. The van der Waals surface area contributed by atoms with Crippen LogP contribution in [0.25, 0.3) is 0 Å². The average molecular weight is 373 g/mol. The molecule has 25 heavy (non-hydrogen) atoms. The molecule has 2 N–H and O–H groups in total. The highest BCUT2D eigenvalue weighted by molar-refractivity contribution is 6.42. The normalized spacial score (nSPS) is 22.6. The molecule has 128 valence electrons. The van der Waals surface area contributed by atoms with Gasteiger partial charge in [-0.05, 0) is 35.2 Å². The van der Waals surface area contributed by atoms with E-state index in [2.05, 4.69) is 28.3 Å². The molecule has 2 aromatic carbocycles. The highest BCUT2D eigenvalue weighted by atomic mass is 35.5. The molecule has 0 saturated carbocycles. The number of aryl methyl sites for hydroxylation is 1. The van der Waals surface area contributed by atoms with E-state index in [4.69, 9.17) is 28.9 Å². The van der Waals surface area contributed by atoms with Crippen LogP contribution in [0.15, 0.2) is 48.8 Å². The van der Waals surface area contributed by atoms with Crippen molar-refractivity contribution in [3.8, 4) is 0 Å². The van der Waals surface area contributed by atoms with Gasteiger partial charge in [-0.1, -0.05) is 53.5 Å². The zero-order chi connectivity index (χ0) is 17.6. The second-order valence-electron chi connectivity index (χ2n) is 6.47. The molecule has 0 aliphatic heterocycles. The molecule has 0 spiro atoms. The first-order valence-corrected chi connectivity index (χ1v) is 8.95. The van der Waals surface area contributed by atoms with Gasteiger partial charge in [-0.3, -0.25) is 4.68 Å². The third-order valence-corrected chi connectivity index (χ3v) is 5.76. The van der Waals surface area contributed by atoms with Crippen LogP contribution in [-0.4, -0.2) is 14.8 Å². The fraction of sp³-hybridized carbons (Fsp3) is 0.263. The molecule has 0 saturated heterocycles. The minimum absolute atomic E-state index is 0.0306. The Labute approximate surface area is 156 Å². The van der Waals surface area contributed by atoms with Crippen molar-refractivity contribution in [2.24, 2.45) is 12.8 Å². The van der Waals surface area contributed by atoms with Gasteiger partial charge in [0.1, 0.15) is 12.2 Å². The molecule has 1 aliphatic rings. The molecule has 1 aromatic heterocycles. The second-order valence-corrected chi connectivity index (χ2v) is 7.29. The van der Waals surface area contributed by atoms with Crippen molar-refractivity contribution in [2.45, 2.75) is 24.3 Å². The van der Waals surface area contributed by atoms with E-state index in [0.29, 0.717) is 10.0 Å². The lowest BCUT2D eigenvalue weighted by Gasteiger charge is -2.36. The maximum Gasteiger partial charge on any atom is 0.138 e. The van der Waals surface area contributed by atoms with Gasteiger partial charge in [0, 0.05) is 24.9 Å². The number of hydrogen-bond donors (Lipinski definition) is 1. The van der Waals surface area contributed by atoms with E-state index in [1.807, 2.05) is 36.0 Å². The van der Waals surface area contributed by atoms with E-state index >= 15 is 0 Å². The van der Waals surface area contributed by atoms with E-state index in [-0.39, 0.29) is 17.9 Å². The molecule has 3 atom stereocenters. The van der Waals surface area contributed by atoms with Crippen molar-refractivity contribution in [3.63, 3.8) is 0 Å². The molecule has 4 nitrogen and oxygen atoms in total. The Morgan fingerprint density at radius 3 is 2.52 bits per heavy atom. The van der Waals surface area contributed by atoms with Crippen molar-refractivity contribution in [1.82, 2.24) is 14.8 Å². The van der Waals surface area contributed by atoms with Gasteiger partial charge in [-0.2, -0.15) is 5.10 Å². The Bertz CT molecular complexity index is 921. The Hall–Kier alpha value is -1.88. The fourth-order valence-electron chi connectivity index (χ4n) is 3.90. The smallest absolute Gasteiger partial charge is 0.138 e. The van der Waals surface area contributed by atoms with Gasteiger partial charge in [0.05, 0.1) is 10.0 Å². The molecule has 0 fully saturated rings. The van der Waals surface area contributed by atoms with Crippen molar-refractivity contribution in [3.05, 3.63) is 81.4 Å². The van der Waals surface area contributed by atoms with Crippen molar-refractivity contribution < 1.29 is 0 Å². The van der Waals surface area contributed by atoms with Gasteiger partial charge in [0.25, 0.3) is 0 Å². The SMILES string of the molecule is Cn1ncnc1C1CC(N)c2ccccc2C1c1ccc(Cl)c(Cl)c1. The first-order valence-electron chi connectivity index (χ1n) is 8.19. The van der Waals surface area contributed by atoms with E-state index in [1.54, 1.807) is 6.33 Å². The maximum absolute atomic E-state index is 6.48. The summed E-state index contributed by atoms with van der Waals surface area (Å²) in [5.41, 5.74) is 9.99. The Kier molecular flexibility index (Phi) is 4.28. The van der Waals surface area contributed by atoms with Crippen LogP contribution in [-0.2, 0) is 7.05 Å². The summed E-state index contributed by atoms with van der Waals surface area (Å²) in [4.78, 5) is 4.50. The van der Waals surface area contributed by atoms with Crippen molar-refractivity contribution in [1.29, 1.82) is 0 Å². The van der Waals surface area contributed by atoms with Gasteiger partial charge >= 0.3 is 0 Å². The first kappa shape index (κ1) is 16.6. The molecule has 1 aliphatic carbocycles. The molecule has 0 radical (unpaired) electrons. The van der Waals surface area contributed by atoms with E-state index in [1.165, 1.54) is 11.1 Å². The number of fused-ring (bicyclic) bond motifs is 1. The third kappa shape index (κ3) is 2.84. The van der Waals surface area contributed by atoms with Gasteiger partial charge in [0.2, 0.25) is 0 Å². The summed E-state index contributed by atoms with van der Waals surface area (Å²) in [6, 6.07) is 14.1. The summed E-state index contributed by atoms with van der Waals surface area (Å²) < 4.78 is 1.83. The Morgan fingerprint density at radius 1 is 1.08 bits per heavy atom. The number of rotatable bonds is 2. The molecule has 0 amide bonds. The number of halogens is 2. The van der Waals surface area contributed by atoms with Gasteiger partial charge in [-0.15, -0.1) is 0 Å². The van der Waals surface area contributed by atoms with Crippen LogP contribution in [0.1, 0.15) is 46.8 Å². The van der Waals surface area contributed by atoms with Crippen LogP contribution in [0.4, 0.5) is 0 Å². The quantitative estimate of drug-likeness (QED) is 0.723. The molecule has 3 unspecified atom stereocenters. The predicted molar refractivity (Wildman–Crippen MR) is 100 cm³/mol. The summed E-state index contributed by atoms with van der Waals surface area (Å²) in [7, 11) is 1.92. The van der Waals surface area contributed by atoms with E-state index in [0.717, 1.165) is 17.8 Å². The standard InChI is InChI=1S/C19H18Cl2N4/c1-25-19(23-10-24-25)14-9-17(22)12-4-2-3-5-13(12)18(14)11-6-7-15(20)16(21)8-11/h2-8,10,14,17-18H,9,22H2,1H3. The first-order chi connectivity index (χ1) is 12.1. The number of nitrogens with zero attached hydrogens (tertiary/aromatic N) is 3. The average Bonchev–Trinajstić information content (AvgIpc) is 3.03. The van der Waals surface area contributed by atoms with Crippen molar-refractivity contribution >= 4 is 23.2 Å². The maximum atomic E-state index is 6.48. The third-order valence-electron chi connectivity index (χ3n) is 5.02.